The molecule has 1 aromatic heterocycles. The fourth-order valence-corrected chi connectivity index (χ4v) is 3.28. The Morgan fingerprint density at radius 3 is 2.00 bits per heavy atom. The third kappa shape index (κ3) is 3.55. The Bertz CT molecular complexity index is 688. The molecule has 1 aromatic carbocycles. The van der Waals surface area contributed by atoms with E-state index in [0.717, 1.165) is 37.2 Å². The molecule has 0 amide bonds. The van der Waals surface area contributed by atoms with Gasteiger partial charge in [0.1, 0.15) is 0 Å². The van der Waals surface area contributed by atoms with E-state index in [0.29, 0.717) is 29.1 Å². The maximum Gasteiger partial charge on any atom is 0.219 e. The van der Waals surface area contributed by atoms with E-state index in [4.69, 9.17) is 19.9 Å². The normalized spacial score (nSPS) is 15.1. The number of nitrogens with two attached hydrogens (primary N) is 1. The fourth-order valence-electron chi connectivity index (χ4n) is 3.28. The Kier molecular flexibility index (Phi) is 5.11. The molecule has 0 unspecified atom stereocenters. The van der Waals surface area contributed by atoms with Gasteiger partial charge in [0, 0.05) is 43.3 Å². The number of ether oxygens (including phenoxy) is 3. The summed E-state index contributed by atoms with van der Waals surface area (Å²) >= 11 is 0. The van der Waals surface area contributed by atoms with Crippen molar-refractivity contribution in [2.75, 3.05) is 45.1 Å². The number of nitrogens with zero attached hydrogens (tertiary/aromatic N) is 3. The molecule has 7 heteroatoms. The van der Waals surface area contributed by atoms with Crippen molar-refractivity contribution >= 4 is 11.6 Å². The zero-order chi connectivity index (χ0) is 17.8. The van der Waals surface area contributed by atoms with Crippen LogP contribution in [-0.4, -0.2) is 44.4 Å². The van der Waals surface area contributed by atoms with E-state index in [2.05, 4.69) is 14.9 Å². The minimum Gasteiger partial charge on any atom is -0.493 e. The first-order valence-electron chi connectivity index (χ1n) is 8.28. The van der Waals surface area contributed by atoms with Crippen LogP contribution in [0.25, 0.3) is 0 Å². The lowest BCUT2D eigenvalue weighted by Gasteiger charge is -2.34. The van der Waals surface area contributed by atoms with Gasteiger partial charge in [-0.15, -0.1) is 0 Å². The van der Waals surface area contributed by atoms with E-state index in [1.165, 1.54) is 0 Å². The molecule has 2 aromatic rings. The second-order valence-corrected chi connectivity index (χ2v) is 6.02. The Labute approximate surface area is 147 Å². The van der Waals surface area contributed by atoms with Crippen molar-refractivity contribution in [1.82, 2.24) is 9.97 Å². The van der Waals surface area contributed by atoms with Gasteiger partial charge < -0.3 is 24.8 Å². The van der Waals surface area contributed by atoms with Gasteiger partial charge in [0.2, 0.25) is 11.7 Å². The highest BCUT2D eigenvalue weighted by Crippen LogP contribution is 2.42. The molecule has 1 aliphatic rings. The predicted octanol–water partition coefficient (Wildman–Crippen LogP) is 2.47. The Balaban J connectivity index is 1.75. The van der Waals surface area contributed by atoms with Crippen LogP contribution in [0.2, 0.25) is 0 Å². The summed E-state index contributed by atoms with van der Waals surface area (Å²) in [7, 11) is 4.88. The second kappa shape index (κ2) is 7.46. The number of rotatable bonds is 5. The molecular weight excluding hydrogens is 320 g/mol. The summed E-state index contributed by atoms with van der Waals surface area (Å²) in [5.41, 5.74) is 7.79. The topological polar surface area (TPSA) is 82.7 Å². The number of benzene rings is 1. The third-order valence-electron chi connectivity index (χ3n) is 4.67. The number of piperidine rings is 1. The average molecular weight is 344 g/mol. The van der Waals surface area contributed by atoms with Gasteiger partial charge in [-0.2, -0.15) is 0 Å². The predicted molar refractivity (Wildman–Crippen MR) is 96.7 cm³/mol. The van der Waals surface area contributed by atoms with Gasteiger partial charge in [-0.25, -0.2) is 9.97 Å². The molecule has 3 rings (SSSR count). The monoisotopic (exact) mass is 344 g/mol. The summed E-state index contributed by atoms with van der Waals surface area (Å²) in [5, 5.41) is 0. The smallest absolute Gasteiger partial charge is 0.219 e. The lowest BCUT2D eigenvalue weighted by Crippen LogP contribution is -2.33. The fraction of sp³-hybridized carbons (Fsp3) is 0.444. The molecule has 1 fully saturated rings. The van der Waals surface area contributed by atoms with Crippen molar-refractivity contribution in [3.63, 3.8) is 0 Å². The first-order chi connectivity index (χ1) is 12.2. The quantitative estimate of drug-likeness (QED) is 0.892. The molecule has 0 atom stereocenters. The molecule has 1 aliphatic heterocycles. The highest BCUT2D eigenvalue weighted by Gasteiger charge is 2.23. The molecule has 0 aliphatic carbocycles. The third-order valence-corrected chi connectivity index (χ3v) is 4.67. The molecule has 0 spiro atoms. The van der Waals surface area contributed by atoms with Crippen LogP contribution in [0.4, 0.5) is 11.6 Å². The molecule has 134 valence electrons. The molecule has 0 saturated carbocycles. The molecule has 25 heavy (non-hydrogen) atoms. The van der Waals surface area contributed by atoms with Gasteiger partial charge in [-0.1, -0.05) is 0 Å². The van der Waals surface area contributed by atoms with Crippen LogP contribution in [0.3, 0.4) is 0 Å². The van der Waals surface area contributed by atoms with Crippen molar-refractivity contribution in [3.8, 4) is 17.2 Å². The first-order valence-corrected chi connectivity index (χ1v) is 8.28. The van der Waals surface area contributed by atoms with Gasteiger partial charge in [0.05, 0.1) is 21.3 Å². The molecule has 0 bridgehead atoms. The zero-order valence-corrected chi connectivity index (χ0v) is 14.9. The SMILES string of the molecule is COc1cc(N2CCC(c3cnc(N)nc3)CC2)cc(OC)c1OC. The van der Waals surface area contributed by atoms with Crippen molar-refractivity contribution in [2.45, 2.75) is 18.8 Å². The molecule has 7 nitrogen and oxygen atoms in total. The van der Waals surface area contributed by atoms with Crippen LogP contribution >= 0.6 is 0 Å². The highest BCUT2D eigenvalue weighted by molar-refractivity contribution is 5.63. The van der Waals surface area contributed by atoms with Gasteiger partial charge in [0.25, 0.3) is 0 Å². The molecule has 2 heterocycles. The van der Waals surface area contributed by atoms with E-state index in [1.807, 2.05) is 24.5 Å². The van der Waals surface area contributed by atoms with Crippen LogP contribution in [-0.2, 0) is 0 Å². The minimum absolute atomic E-state index is 0.318. The lowest BCUT2D eigenvalue weighted by atomic mass is 9.91. The van der Waals surface area contributed by atoms with E-state index in [-0.39, 0.29) is 0 Å². The van der Waals surface area contributed by atoms with Gasteiger partial charge in [-0.05, 0) is 24.3 Å². The van der Waals surface area contributed by atoms with Crippen LogP contribution in [0.1, 0.15) is 24.3 Å². The van der Waals surface area contributed by atoms with Crippen LogP contribution < -0.4 is 24.8 Å². The first kappa shape index (κ1) is 17.1. The average Bonchev–Trinajstić information content (AvgIpc) is 2.67. The van der Waals surface area contributed by atoms with Crippen molar-refractivity contribution in [2.24, 2.45) is 0 Å². The number of methoxy groups -OCH3 is 3. The maximum atomic E-state index is 5.57. The second-order valence-electron chi connectivity index (χ2n) is 6.02. The molecule has 1 saturated heterocycles. The van der Waals surface area contributed by atoms with Crippen molar-refractivity contribution in [3.05, 3.63) is 30.1 Å². The Hall–Kier alpha value is -2.70. The zero-order valence-electron chi connectivity index (χ0n) is 14.9. The van der Waals surface area contributed by atoms with Gasteiger partial charge >= 0.3 is 0 Å². The standard InChI is InChI=1S/C18H24N4O3/c1-23-15-8-14(9-16(24-2)17(15)25-3)22-6-4-12(5-7-22)13-10-20-18(19)21-11-13/h8-12H,4-7H2,1-3H3,(H2,19,20,21). The van der Waals surface area contributed by atoms with E-state index in [9.17, 15) is 0 Å². The summed E-state index contributed by atoms with van der Waals surface area (Å²) in [6, 6.07) is 3.99. The maximum absolute atomic E-state index is 5.57. The summed E-state index contributed by atoms with van der Waals surface area (Å²) in [6.45, 7) is 1.88. The molecular formula is C18H24N4O3. The lowest BCUT2D eigenvalue weighted by molar-refractivity contribution is 0.324. The van der Waals surface area contributed by atoms with Gasteiger partial charge in [0.15, 0.2) is 11.5 Å². The number of anilines is 2. The van der Waals surface area contributed by atoms with Crippen LogP contribution in [0.15, 0.2) is 24.5 Å². The highest BCUT2D eigenvalue weighted by atomic mass is 16.5. The number of nitrogen functional groups attached to an aromatic ring is 1. The summed E-state index contributed by atoms with van der Waals surface area (Å²) in [5.74, 6) is 2.73. The largest absolute Gasteiger partial charge is 0.493 e. The summed E-state index contributed by atoms with van der Waals surface area (Å²) < 4.78 is 16.3. The Morgan fingerprint density at radius 1 is 0.960 bits per heavy atom. The number of hydrogen-bond donors (Lipinski definition) is 1. The van der Waals surface area contributed by atoms with Crippen LogP contribution in [0, 0.1) is 0 Å². The van der Waals surface area contributed by atoms with E-state index < -0.39 is 0 Å². The van der Waals surface area contributed by atoms with Crippen LogP contribution in [0.5, 0.6) is 17.2 Å². The Morgan fingerprint density at radius 2 is 1.52 bits per heavy atom. The number of aromatic nitrogens is 2. The van der Waals surface area contributed by atoms with Gasteiger partial charge in [-0.3, -0.25) is 0 Å². The van der Waals surface area contributed by atoms with E-state index in [1.54, 1.807) is 21.3 Å². The number of hydrogen-bond acceptors (Lipinski definition) is 7. The molecule has 2 N–H and O–H groups in total. The summed E-state index contributed by atoms with van der Waals surface area (Å²) in [4.78, 5) is 10.5. The van der Waals surface area contributed by atoms with Crippen molar-refractivity contribution < 1.29 is 14.2 Å². The summed E-state index contributed by atoms with van der Waals surface area (Å²) in [6.07, 6.45) is 5.73. The van der Waals surface area contributed by atoms with Crippen molar-refractivity contribution in [1.29, 1.82) is 0 Å². The minimum atomic E-state index is 0.318. The molecule has 0 radical (unpaired) electrons. The van der Waals surface area contributed by atoms with E-state index >= 15 is 0 Å².